The molecule has 0 atom stereocenters. The van der Waals surface area contributed by atoms with Crippen molar-refractivity contribution >= 4 is 23.2 Å². The number of nitrogens with zero attached hydrogens (tertiary/aromatic N) is 1. The molecule has 3 rings (SSSR count). The molecule has 1 N–H and O–H groups in total. The van der Waals surface area contributed by atoms with E-state index in [4.69, 9.17) is 9.15 Å². The molecule has 2 heterocycles. The molecule has 2 amide bonds. The molecule has 1 aromatic heterocycles. The molecule has 0 radical (unpaired) electrons. The van der Waals surface area contributed by atoms with Gasteiger partial charge < -0.3 is 19.4 Å². The number of nitrogens with one attached hydrogen (secondary N) is 1. The SMILES string of the molecule is COc1cc(NC(=O)c2ccoc2)ccc1N1CCCC1=O. The van der Waals surface area contributed by atoms with Gasteiger partial charge in [0.1, 0.15) is 12.0 Å². The highest BCUT2D eigenvalue weighted by molar-refractivity contribution is 6.04. The van der Waals surface area contributed by atoms with Crippen molar-refractivity contribution in [1.82, 2.24) is 0 Å². The maximum Gasteiger partial charge on any atom is 0.258 e. The van der Waals surface area contributed by atoms with Crippen molar-refractivity contribution in [2.45, 2.75) is 12.8 Å². The lowest BCUT2D eigenvalue weighted by Gasteiger charge is -2.19. The van der Waals surface area contributed by atoms with Crippen LogP contribution >= 0.6 is 0 Å². The Hall–Kier alpha value is -2.76. The van der Waals surface area contributed by atoms with Crippen LogP contribution in [0, 0.1) is 0 Å². The molecule has 0 aliphatic carbocycles. The Balaban J connectivity index is 1.82. The van der Waals surface area contributed by atoms with Gasteiger partial charge in [0.25, 0.3) is 5.91 Å². The molecule has 2 aromatic rings. The number of benzene rings is 1. The van der Waals surface area contributed by atoms with Crippen LogP contribution in [0.25, 0.3) is 0 Å². The first-order valence-corrected chi connectivity index (χ1v) is 7.01. The van der Waals surface area contributed by atoms with Crippen LogP contribution in [0.5, 0.6) is 5.75 Å². The molecular weight excluding hydrogens is 284 g/mol. The molecule has 22 heavy (non-hydrogen) atoms. The second-order valence-corrected chi connectivity index (χ2v) is 5.00. The van der Waals surface area contributed by atoms with Crippen LogP contribution in [-0.2, 0) is 4.79 Å². The lowest BCUT2D eigenvalue weighted by molar-refractivity contribution is -0.117. The van der Waals surface area contributed by atoms with Gasteiger partial charge in [-0.3, -0.25) is 9.59 Å². The molecule has 0 bridgehead atoms. The van der Waals surface area contributed by atoms with Gasteiger partial charge in [-0.15, -0.1) is 0 Å². The minimum Gasteiger partial charge on any atom is -0.494 e. The zero-order valence-electron chi connectivity index (χ0n) is 12.2. The van der Waals surface area contributed by atoms with E-state index < -0.39 is 0 Å². The summed E-state index contributed by atoms with van der Waals surface area (Å²) in [6.07, 6.45) is 4.23. The summed E-state index contributed by atoms with van der Waals surface area (Å²) in [6.45, 7) is 0.690. The summed E-state index contributed by atoms with van der Waals surface area (Å²) in [5.41, 5.74) is 1.77. The molecule has 6 nitrogen and oxygen atoms in total. The normalized spacial score (nSPS) is 14.2. The summed E-state index contributed by atoms with van der Waals surface area (Å²) in [7, 11) is 1.54. The third kappa shape index (κ3) is 2.67. The summed E-state index contributed by atoms with van der Waals surface area (Å²) >= 11 is 0. The lowest BCUT2D eigenvalue weighted by Crippen LogP contribution is -2.24. The van der Waals surface area contributed by atoms with Gasteiger partial charge in [-0.05, 0) is 24.6 Å². The molecule has 1 saturated heterocycles. The van der Waals surface area contributed by atoms with E-state index in [0.29, 0.717) is 30.0 Å². The number of amides is 2. The van der Waals surface area contributed by atoms with E-state index in [1.807, 2.05) is 0 Å². The molecule has 0 spiro atoms. The summed E-state index contributed by atoms with van der Waals surface area (Å²) in [4.78, 5) is 25.6. The fraction of sp³-hybridized carbons (Fsp3) is 0.250. The molecule has 0 unspecified atom stereocenters. The number of hydrogen-bond acceptors (Lipinski definition) is 4. The Kier molecular flexibility index (Phi) is 3.82. The fourth-order valence-electron chi connectivity index (χ4n) is 2.48. The molecule has 114 valence electrons. The van der Waals surface area contributed by atoms with Crippen molar-refractivity contribution in [3.8, 4) is 5.75 Å². The first kappa shape index (κ1) is 14.2. The fourth-order valence-corrected chi connectivity index (χ4v) is 2.48. The third-order valence-electron chi connectivity index (χ3n) is 3.59. The van der Waals surface area contributed by atoms with Crippen LogP contribution in [0.1, 0.15) is 23.2 Å². The zero-order chi connectivity index (χ0) is 15.5. The molecule has 1 aliphatic rings. The van der Waals surface area contributed by atoms with Crippen LogP contribution in [0.15, 0.2) is 41.2 Å². The van der Waals surface area contributed by atoms with Crippen molar-refractivity contribution in [1.29, 1.82) is 0 Å². The van der Waals surface area contributed by atoms with Crippen LogP contribution in [0.2, 0.25) is 0 Å². The van der Waals surface area contributed by atoms with Crippen molar-refractivity contribution in [2.75, 3.05) is 23.9 Å². The molecule has 1 aromatic carbocycles. The largest absolute Gasteiger partial charge is 0.494 e. The number of rotatable bonds is 4. The second kappa shape index (κ2) is 5.93. The van der Waals surface area contributed by atoms with Crippen molar-refractivity contribution < 1.29 is 18.7 Å². The van der Waals surface area contributed by atoms with Crippen molar-refractivity contribution in [3.63, 3.8) is 0 Å². The maximum absolute atomic E-state index is 12.0. The molecule has 1 aliphatic heterocycles. The highest BCUT2D eigenvalue weighted by atomic mass is 16.5. The van der Waals surface area contributed by atoms with E-state index in [9.17, 15) is 9.59 Å². The molecule has 0 saturated carbocycles. The number of furan rings is 1. The predicted molar refractivity (Wildman–Crippen MR) is 81.2 cm³/mol. The minimum absolute atomic E-state index is 0.0912. The van der Waals surface area contributed by atoms with Gasteiger partial charge in [0, 0.05) is 24.7 Å². The zero-order valence-corrected chi connectivity index (χ0v) is 12.2. The van der Waals surface area contributed by atoms with E-state index in [2.05, 4.69) is 5.32 Å². The van der Waals surface area contributed by atoms with Gasteiger partial charge in [0.2, 0.25) is 5.91 Å². The summed E-state index contributed by atoms with van der Waals surface area (Å²) in [5, 5.41) is 2.77. The Labute approximate surface area is 127 Å². The monoisotopic (exact) mass is 300 g/mol. The van der Waals surface area contributed by atoms with Gasteiger partial charge in [-0.25, -0.2) is 0 Å². The number of hydrogen-bond donors (Lipinski definition) is 1. The topological polar surface area (TPSA) is 71.8 Å². The molecule has 6 heteroatoms. The lowest BCUT2D eigenvalue weighted by atomic mass is 10.2. The molecule has 1 fully saturated rings. The standard InChI is InChI=1S/C16H16N2O4/c1-21-14-9-12(17-16(20)11-6-8-22-10-11)4-5-13(14)18-7-2-3-15(18)19/h4-6,8-10H,2-3,7H2,1H3,(H,17,20). The van der Waals surface area contributed by atoms with Gasteiger partial charge in [-0.1, -0.05) is 0 Å². The predicted octanol–water partition coefficient (Wildman–Crippen LogP) is 2.67. The Morgan fingerprint density at radius 3 is 2.86 bits per heavy atom. The van der Waals surface area contributed by atoms with Crippen molar-refractivity contribution in [3.05, 3.63) is 42.4 Å². The number of methoxy groups -OCH3 is 1. The highest BCUT2D eigenvalue weighted by Gasteiger charge is 2.24. The van der Waals surface area contributed by atoms with E-state index in [-0.39, 0.29) is 11.8 Å². The number of carbonyl (C=O) groups is 2. The number of carbonyl (C=O) groups excluding carboxylic acids is 2. The van der Waals surface area contributed by atoms with Crippen LogP contribution < -0.4 is 15.0 Å². The first-order chi connectivity index (χ1) is 10.7. The van der Waals surface area contributed by atoms with E-state index >= 15 is 0 Å². The van der Waals surface area contributed by atoms with E-state index in [1.165, 1.54) is 12.5 Å². The van der Waals surface area contributed by atoms with Crippen molar-refractivity contribution in [2.24, 2.45) is 0 Å². The van der Waals surface area contributed by atoms with Gasteiger partial charge in [0.15, 0.2) is 0 Å². The van der Waals surface area contributed by atoms with E-state index in [1.54, 1.807) is 36.3 Å². The first-order valence-electron chi connectivity index (χ1n) is 7.01. The Bertz CT molecular complexity index is 694. The number of ether oxygens (including phenoxy) is 1. The van der Waals surface area contributed by atoms with Gasteiger partial charge >= 0.3 is 0 Å². The Morgan fingerprint density at radius 1 is 1.36 bits per heavy atom. The minimum atomic E-state index is -0.263. The average Bonchev–Trinajstić information content (AvgIpc) is 3.18. The van der Waals surface area contributed by atoms with Gasteiger partial charge in [-0.2, -0.15) is 0 Å². The third-order valence-corrected chi connectivity index (χ3v) is 3.59. The summed E-state index contributed by atoms with van der Waals surface area (Å²) in [5.74, 6) is 0.384. The maximum atomic E-state index is 12.0. The van der Waals surface area contributed by atoms with Crippen LogP contribution in [0.3, 0.4) is 0 Å². The van der Waals surface area contributed by atoms with Crippen LogP contribution in [0.4, 0.5) is 11.4 Å². The second-order valence-electron chi connectivity index (χ2n) is 5.00. The molecular formula is C16H16N2O4. The summed E-state index contributed by atoms with van der Waals surface area (Å²) in [6, 6.07) is 6.83. The average molecular weight is 300 g/mol. The van der Waals surface area contributed by atoms with E-state index in [0.717, 1.165) is 12.1 Å². The number of anilines is 2. The summed E-state index contributed by atoms with van der Waals surface area (Å²) < 4.78 is 10.2. The smallest absolute Gasteiger partial charge is 0.258 e. The van der Waals surface area contributed by atoms with Gasteiger partial charge in [0.05, 0.1) is 24.6 Å². The quantitative estimate of drug-likeness (QED) is 0.942. The highest BCUT2D eigenvalue weighted by Crippen LogP contribution is 2.33. The Morgan fingerprint density at radius 2 is 2.23 bits per heavy atom. The van der Waals surface area contributed by atoms with Crippen LogP contribution in [-0.4, -0.2) is 25.5 Å².